The molecule has 15 heavy (non-hydrogen) atoms. The average Bonchev–Trinajstić information content (AvgIpc) is 2.93. The molecule has 0 aromatic heterocycles. The number of hydrogen-bond acceptors (Lipinski definition) is 3. The molecule has 0 N–H and O–H groups in total. The van der Waals surface area contributed by atoms with Gasteiger partial charge in [0.2, 0.25) is 5.91 Å². The first-order chi connectivity index (χ1) is 7.10. The quantitative estimate of drug-likeness (QED) is 0.678. The topological polar surface area (TPSA) is 53.3 Å². The summed E-state index contributed by atoms with van der Waals surface area (Å²) < 4.78 is 5.43. The Labute approximate surface area is 89.8 Å². The van der Waals surface area contributed by atoms with Gasteiger partial charge in [0.1, 0.15) is 5.41 Å². The van der Waals surface area contributed by atoms with Crippen LogP contribution in [0.3, 0.4) is 0 Å². The van der Waals surface area contributed by atoms with E-state index in [-0.39, 0.29) is 18.1 Å². The molecule has 4 heteroatoms. The Balaban J connectivity index is 2.05. The van der Waals surface area contributed by atoms with Gasteiger partial charge in [-0.25, -0.2) is 0 Å². The van der Waals surface area contributed by atoms with Crippen LogP contribution in [0.1, 0.15) is 26.2 Å². The molecule has 2 rings (SSSR count). The third-order valence-corrected chi connectivity index (χ3v) is 3.53. The van der Waals surface area contributed by atoms with Crippen LogP contribution in [0.2, 0.25) is 0 Å². The van der Waals surface area contributed by atoms with E-state index >= 15 is 0 Å². The number of rotatable bonds is 2. The van der Waals surface area contributed by atoms with Crippen LogP contribution in [0.4, 0.5) is 0 Å². The van der Waals surface area contributed by atoms with Gasteiger partial charge in [-0.1, -0.05) is 0 Å². The van der Waals surface area contributed by atoms with Crippen LogP contribution in [-0.2, 0) is 9.53 Å². The Morgan fingerprint density at radius 1 is 1.60 bits per heavy atom. The fraction of sp³-hybridized carbons (Fsp3) is 0.818. The number of amides is 1. The predicted octanol–water partition coefficient (Wildman–Crippen LogP) is 0.926. The summed E-state index contributed by atoms with van der Waals surface area (Å²) in [4.78, 5) is 13.8. The Bertz CT molecular complexity index is 317. The van der Waals surface area contributed by atoms with Crippen molar-refractivity contribution in [2.45, 2.75) is 38.3 Å². The summed E-state index contributed by atoms with van der Waals surface area (Å²) in [5.74, 6) is -0.0210. The fourth-order valence-corrected chi connectivity index (χ4v) is 2.22. The number of ether oxygens (including phenoxy) is 1. The second kappa shape index (κ2) is 3.49. The summed E-state index contributed by atoms with van der Waals surface area (Å²) in [6.45, 7) is 2.69. The van der Waals surface area contributed by atoms with Crippen molar-refractivity contribution in [1.29, 1.82) is 5.26 Å². The first-order valence-electron chi connectivity index (χ1n) is 5.41. The highest BCUT2D eigenvalue weighted by Crippen LogP contribution is 2.46. The van der Waals surface area contributed by atoms with Crippen molar-refractivity contribution in [3.8, 4) is 6.07 Å². The van der Waals surface area contributed by atoms with Gasteiger partial charge in [-0.15, -0.1) is 0 Å². The highest BCUT2D eigenvalue weighted by molar-refractivity contribution is 5.88. The zero-order chi connectivity index (χ0) is 11.1. The molecule has 0 spiro atoms. The maximum Gasteiger partial charge on any atom is 0.243 e. The van der Waals surface area contributed by atoms with Crippen LogP contribution in [0.5, 0.6) is 0 Å². The normalized spacial score (nSPS) is 32.1. The molecule has 1 heterocycles. The van der Waals surface area contributed by atoms with Gasteiger partial charge in [0.15, 0.2) is 0 Å². The molecule has 2 aliphatic rings. The van der Waals surface area contributed by atoms with E-state index in [9.17, 15) is 4.79 Å². The van der Waals surface area contributed by atoms with E-state index in [1.165, 1.54) is 0 Å². The molecule has 0 radical (unpaired) electrons. The van der Waals surface area contributed by atoms with Gasteiger partial charge in [-0.05, 0) is 26.2 Å². The van der Waals surface area contributed by atoms with Crippen molar-refractivity contribution in [2.75, 3.05) is 13.7 Å². The van der Waals surface area contributed by atoms with Gasteiger partial charge in [0.25, 0.3) is 0 Å². The standard InChI is InChI=1S/C11H16N2O2/c1-8-9(3-6-15-8)13(2)10(14)11(7-12)4-5-11/h8-9H,3-6H2,1-2H3. The average molecular weight is 208 g/mol. The van der Waals surface area contributed by atoms with Crippen molar-refractivity contribution in [2.24, 2.45) is 5.41 Å². The minimum absolute atomic E-state index is 0.0210. The van der Waals surface area contributed by atoms with Gasteiger partial charge < -0.3 is 9.64 Å². The Kier molecular flexibility index (Phi) is 2.43. The summed E-state index contributed by atoms with van der Waals surface area (Å²) in [6.07, 6.45) is 2.40. The minimum atomic E-state index is -0.697. The Morgan fingerprint density at radius 2 is 2.27 bits per heavy atom. The third-order valence-electron chi connectivity index (χ3n) is 3.53. The minimum Gasteiger partial charge on any atom is -0.376 e. The van der Waals surface area contributed by atoms with Crippen LogP contribution in [0.15, 0.2) is 0 Å². The van der Waals surface area contributed by atoms with Gasteiger partial charge in [-0.2, -0.15) is 5.26 Å². The molecule has 1 saturated heterocycles. The van der Waals surface area contributed by atoms with E-state index in [0.717, 1.165) is 6.42 Å². The van der Waals surface area contributed by atoms with Crippen molar-refractivity contribution in [3.05, 3.63) is 0 Å². The van der Waals surface area contributed by atoms with Crippen LogP contribution in [0.25, 0.3) is 0 Å². The predicted molar refractivity (Wildman–Crippen MR) is 53.9 cm³/mol. The molecule has 0 aromatic carbocycles. The highest BCUT2D eigenvalue weighted by atomic mass is 16.5. The largest absolute Gasteiger partial charge is 0.376 e. The number of carbonyl (C=O) groups excluding carboxylic acids is 1. The maximum atomic E-state index is 12.0. The van der Waals surface area contributed by atoms with E-state index in [2.05, 4.69) is 6.07 Å². The van der Waals surface area contributed by atoms with Gasteiger partial charge in [0.05, 0.1) is 18.2 Å². The van der Waals surface area contributed by atoms with Crippen molar-refractivity contribution in [3.63, 3.8) is 0 Å². The molecule has 4 nitrogen and oxygen atoms in total. The van der Waals surface area contributed by atoms with Crippen molar-refractivity contribution >= 4 is 5.91 Å². The SMILES string of the molecule is CC1OCCC1N(C)C(=O)C1(C#N)CC1. The van der Waals surface area contributed by atoms with E-state index in [4.69, 9.17) is 10.00 Å². The summed E-state index contributed by atoms with van der Waals surface area (Å²) in [5.41, 5.74) is -0.697. The molecule has 1 saturated carbocycles. The Morgan fingerprint density at radius 3 is 2.67 bits per heavy atom. The molecule has 1 aliphatic heterocycles. The maximum absolute atomic E-state index is 12.0. The Hall–Kier alpha value is -1.08. The summed E-state index contributed by atoms with van der Waals surface area (Å²) >= 11 is 0. The lowest BCUT2D eigenvalue weighted by Gasteiger charge is -2.28. The summed E-state index contributed by atoms with van der Waals surface area (Å²) in [5, 5.41) is 8.96. The van der Waals surface area contributed by atoms with Crippen LogP contribution >= 0.6 is 0 Å². The van der Waals surface area contributed by atoms with Gasteiger partial charge in [-0.3, -0.25) is 4.79 Å². The smallest absolute Gasteiger partial charge is 0.243 e. The number of nitrogens with zero attached hydrogens (tertiary/aromatic N) is 2. The fourth-order valence-electron chi connectivity index (χ4n) is 2.22. The zero-order valence-corrected chi connectivity index (χ0v) is 9.19. The van der Waals surface area contributed by atoms with Crippen molar-refractivity contribution < 1.29 is 9.53 Å². The monoisotopic (exact) mass is 208 g/mol. The molecule has 0 bridgehead atoms. The molecular weight excluding hydrogens is 192 g/mol. The van der Waals surface area contributed by atoms with E-state index in [0.29, 0.717) is 19.4 Å². The second-order valence-corrected chi connectivity index (χ2v) is 4.54. The lowest BCUT2D eigenvalue weighted by atomic mass is 10.0. The molecule has 82 valence electrons. The van der Waals surface area contributed by atoms with Crippen molar-refractivity contribution in [1.82, 2.24) is 4.90 Å². The molecule has 2 fully saturated rings. The van der Waals surface area contributed by atoms with E-state index < -0.39 is 5.41 Å². The molecule has 2 unspecified atom stereocenters. The van der Waals surface area contributed by atoms with Gasteiger partial charge in [0, 0.05) is 13.7 Å². The lowest BCUT2D eigenvalue weighted by molar-refractivity contribution is -0.136. The van der Waals surface area contributed by atoms with E-state index in [1.54, 1.807) is 11.9 Å². The molecule has 0 aromatic rings. The number of carbonyl (C=O) groups is 1. The van der Waals surface area contributed by atoms with Crippen LogP contribution in [0, 0.1) is 16.7 Å². The summed E-state index contributed by atoms with van der Waals surface area (Å²) in [6, 6.07) is 2.28. The molecule has 2 atom stereocenters. The first kappa shape index (κ1) is 10.4. The zero-order valence-electron chi connectivity index (χ0n) is 9.19. The second-order valence-electron chi connectivity index (χ2n) is 4.54. The molecule has 1 amide bonds. The third kappa shape index (κ3) is 1.61. The molecule has 1 aliphatic carbocycles. The van der Waals surface area contributed by atoms with Crippen LogP contribution < -0.4 is 0 Å². The number of hydrogen-bond donors (Lipinski definition) is 0. The molecular formula is C11H16N2O2. The number of nitriles is 1. The summed E-state index contributed by atoms with van der Waals surface area (Å²) in [7, 11) is 1.79. The lowest BCUT2D eigenvalue weighted by Crippen LogP contribution is -2.44. The highest BCUT2D eigenvalue weighted by Gasteiger charge is 2.53. The van der Waals surface area contributed by atoms with E-state index in [1.807, 2.05) is 6.92 Å². The van der Waals surface area contributed by atoms with Crippen LogP contribution in [-0.4, -0.2) is 36.6 Å². The van der Waals surface area contributed by atoms with Gasteiger partial charge >= 0.3 is 0 Å². The number of likely N-dealkylation sites (N-methyl/N-ethyl adjacent to an activating group) is 1. The first-order valence-corrected chi connectivity index (χ1v) is 5.41.